The zero-order valence-corrected chi connectivity index (χ0v) is 18.9. The number of aliphatic hydroxyl groups excluding tert-OH is 1. The minimum atomic E-state index is -0.334. The number of aryl methyl sites for hydroxylation is 3. The van der Waals surface area contributed by atoms with Crippen LogP contribution in [-0.4, -0.2) is 41.5 Å². The molecule has 162 valence electrons. The third kappa shape index (κ3) is 3.88. The normalized spacial score (nSPS) is 19.6. The molecule has 2 aromatic carbocycles. The van der Waals surface area contributed by atoms with Gasteiger partial charge in [-0.25, -0.2) is 4.90 Å². The Balaban J connectivity index is 1.86. The minimum absolute atomic E-state index is 0.0714. The van der Waals surface area contributed by atoms with E-state index in [2.05, 4.69) is 0 Å². The molecule has 2 amide bonds. The molecular weight excluding hydrogens is 412 g/mol. The van der Waals surface area contributed by atoms with Crippen molar-refractivity contribution in [1.29, 1.82) is 0 Å². The molecule has 0 radical (unpaired) electrons. The van der Waals surface area contributed by atoms with Crippen molar-refractivity contribution in [1.82, 2.24) is 4.90 Å². The molecule has 1 fully saturated rings. The third-order valence-electron chi connectivity index (χ3n) is 6.36. The molecule has 2 aromatic rings. The Morgan fingerprint density at radius 2 is 1.74 bits per heavy atom. The van der Waals surface area contributed by atoms with E-state index >= 15 is 0 Å². The van der Waals surface area contributed by atoms with Gasteiger partial charge in [0, 0.05) is 24.7 Å². The summed E-state index contributed by atoms with van der Waals surface area (Å²) in [6.45, 7) is 7.20. The fourth-order valence-corrected chi connectivity index (χ4v) is 4.59. The molecular formula is C25H27ClN2O3. The largest absolute Gasteiger partial charge is 0.396 e. The van der Waals surface area contributed by atoms with E-state index in [0.29, 0.717) is 35.1 Å². The third-order valence-corrected chi connectivity index (χ3v) is 6.60. The van der Waals surface area contributed by atoms with Gasteiger partial charge in [0.15, 0.2) is 0 Å². The van der Waals surface area contributed by atoms with Crippen LogP contribution in [0.25, 0.3) is 5.57 Å². The number of aliphatic hydroxyl groups is 1. The zero-order chi connectivity index (χ0) is 22.3. The number of hydrogen-bond donors (Lipinski definition) is 1. The first kappa shape index (κ1) is 21.6. The molecule has 6 heteroatoms. The second-order valence-corrected chi connectivity index (χ2v) is 8.97. The Morgan fingerprint density at radius 3 is 2.45 bits per heavy atom. The van der Waals surface area contributed by atoms with Crippen LogP contribution in [0.2, 0.25) is 5.02 Å². The Hall–Kier alpha value is -2.63. The van der Waals surface area contributed by atoms with Crippen LogP contribution < -0.4 is 4.90 Å². The van der Waals surface area contributed by atoms with E-state index < -0.39 is 0 Å². The molecule has 0 spiro atoms. The number of nitrogens with zero attached hydrogens (tertiary/aromatic N) is 2. The first-order chi connectivity index (χ1) is 14.8. The highest BCUT2D eigenvalue weighted by atomic mass is 35.5. The molecule has 0 saturated carbocycles. The number of rotatable bonds is 4. The molecule has 2 aliphatic heterocycles. The quantitative estimate of drug-likeness (QED) is 0.725. The molecule has 0 aromatic heterocycles. The van der Waals surface area contributed by atoms with Gasteiger partial charge in [0.1, 0.15) is 5.70 Å². The number of amides is 2. The van der Waals surface area contributed by atoms with E-state index in [-0.39, 0.29) is 24.3 Å². The molecule has 5 nitrogen and oxygen atoms in total. The van der Waals surface area contributed by atoms with Gasteiger partial charge in [-0.3, -0.25) is 9.59 Å². The number of carbonyl (C=O) groups excluding carboxylic acids is 2. The summed E-state index contributed by atoms with van der Waals surface area (Å²) < 4.78 is 0. The molecule has 0 aliphatic carbocycles. The highest BCUT2D eigenvalue weighted by Gasteiger charge is 2.43. The summed E-state index contributed by atoms with van der Waals surface area (Å²) in [6, 6.07) is 11.1. The SMILES string of the molecule is Cc1ccc(C2=C(N3CCCC(CO)C3)C(=O)N(c3cc(Cl)ccc3C)C2=O)cc1C. The van der Waals surface area contributed by atoms with Gasteiger partial charge in [-0.1, -0.05) is 35.9 Å². The van der Waals surface area contributed by atoms with E-state index in [9.17, 15) is 14.7 Å². The average Bonchev–Trinajstić information content (AvgIpc) is 3.02. The molecule has 1 atom stereocenters. The maximum absolute atomic E-state index is 13.7. The van der Waals surface area contributed by atoms with E-state index in [1.54, 1.807) is 12.1 Å². The van der Waals surface area contributed by atoms with Crippen LogP contribution in [0.3, 0.4) is 0 Å². The predicted octanol–water partition coefficient (Wildman–Crippen LogP) is 4.25. The van der Waals surface area contributed by atoms with Crippen molar-refractivity contribution in [2.75, 3.05) is 24.6 Å². The van der Waals surface area contributed by atoms with Gasteiger partial charge in [0.2, 0.25) is 0 Å². The number of halogens is 1. The van der Waals surface area contributed by atoms with Crippen molar-refractivity contribution in [3.63, 3.8) is 0 Å². The standard InChI is InChI=1S/C25H27ClN2O3/c1-15-6-8-19(11-17(15)3)22-23(27-10-4-5-18(13-27)14-29)25(31)28(24(22)30)21-12-20(26)9-7-16(21)2/h6-9,11-12,18,29H,4-5,10,13-14H2,1-3H3. The molecule has 1 saturated heterocycles. The van der Waals surface area contributed by atoms with E-state index in [4.69, 9.17) is 11.6 Å². The van der Waals surface area contributed by atoms with Gasteiger partial charge in [-0.2, -0.15) is 0 Å². The van der Waals surface area contributed by atoms with Crippen LogP contribution in [0, 0.1) is 26.7 Å². The molecule has 0 bridgehead atoms. The van der Waals surface area contributed by atoms with Gasteiger partial charge >= 0.3 is 0 Å². The summed E-state index contributed by atoms with van der Waals surface area (Å²) in [6.07, 6.45) is 1.78. The van der Waals surface area contributed by atoms with Crippen LogP contribution in [0.4, 0.5) is 5.69 Å². The molecule has 1 unspecified atom stereocenters. The predicted molar refractivity (Wildman–Crippen MR) is 123 cm³/mol. The number of benzene rings is 2. The first-order valence-corrected chi connectivity index (χ1v) is 11.0. The fourth-order valence-electron chi connectivity index (χ4n) is 4.43. The molecule has 2 heterocycles. The van der Waals surface area contributed by atoms with Crippen LogP contribution >= 0.6 is 11.6 Å². The topological polar surface area (TPSA) is 60.9 Å². The molecule has 2 aliphatic rings. The van der Waals surface area contributed by atoms with Crippen molar-refractivity contribution < 1.29 is 14.7 Å². The first-order valence-electron chi connectivity index (χ1n) is 10.6. The number of carbonyl (C=O) groups is 2. The number of hydrogen-bond acceptors (Lipinski definition) is 4. The maximum atomic E-state index is 13.7. The highest BCUT2D eigenvalue weighted by molar-refractivity contribution is 6.45. The second kappa shape index (κ2) is 8.48. The van der Waals surface area contributed by atoms with Gasteiger partial charge in [0.25, 0.3) is 11.8 Å². The van der Waals surface area contributed by atoms with Crippen LogP contribution in [-0.2, 0) is 9.59 Å². The maximum Gasteiger partial charge on any atom is 0.282 e. The minimum Gasteiger partial charge on any atom is -0.396 e. The Morgan fingerprint density at radius 1 is 1.00 bits per heavy atom. The summed E-state index contributed by atoms with van der Waals surface area (Å²) in [7, 11) is 0. The fraction of sp³-hybridized carbons (Fsp3) is 0.360. The smallest absolute Gasteiger partial charge is 0.282 e. The number of imide groups is 1. The van der Waals surface area contributed by atoms with Crippen molar-refractivity contribution >= 4 is 34.7 Å². The van der Waals surface area contributed by atoms with Crippen LogP contribution in [0.15, 0.2) is 42.1 Å². The number of anilines is 1. The van der Waals surface area contributed by atoms with Crippen molar-refractivity contribution in [2.24, 2.45) is 5.92 Å². The zero-order valence-electron chi connectivity index (χ0n) is 18.1. The molecule has 1 N–H and O–H groups in total. The van der Waals surface area contributed by atoms with Gasteiger partial charge in [0.05, 0.1) is 11.3 Å². The van der Waals surface area contributed by atoms with Crippen molar-refractivity contribution in [2.45, 2.75) is 33.6 Å². The van der Waals surface area contributed by atoms with Crippen molar-refractivity contribution in [3.8, 4) is 0 Å². The lowest BCUT2D eigenvalue weighted by atomic mass is 9.96. The molecule has 31 heavy (non-hydrogen) atoms. The highest BCUT2D eigenvalue weighted by Crippen LogP contribution is 2.38. The second-order valence-electron chi connectivity index (χ2n) is 8.54. The van der Waals surface area contributed by atoms with E-state index in [1.165, 1.54) is 4.90 Å². The lowest BCUT2D eigenvalue weighted by molar-refractivity contribution is -0.120. The molecule has 4 rings (SSSR count). The van der Waals surface area contributed by atoms with Gasteiger partial charge in [-0.15, -0.1) is 0 Å². The Bertz CT molecular complexity index is 1090. The Labute approximate surface area is 187 Å². The van der Waals surface area contributed by atoms with Crippen LogP contribution in [0.1, 0.15) is 35.1 Å². The number of likely N-dealkylation sites (tertiary alicyclic amines) is 1. The summed E-state index contributed by atoms with van der Waals surface area (Å²) in [5.41, 5.74) is 5.09. The van der Waals surface area contributed by atoms with Crippen LogP contribution in [0.5, 0.6) is 0 Å². The van der Waals surface area contributed by atoms with Gasteiger partial charge in [-0.05, 0) is 73.9 Å². The van der Waals surface area contributed by atoms with E-state index in [1.807, 2.05) is 49.9 Å². The lowest BCUT2D eigenvalue weighted by Gasteiger charge is -2.34. The lowest BCUT2D eigenvalue weighted by Crippen LogP contribution is -2.40. The summed E-state index contributed by atoms with van der Waals surface area (Å²) >= 11 is 6.20. The van der Waals surface area contributed by atoms with Crippen molar-refractivity contribution in [3.05, 3.63) is 69.4 Å². The number of piperidine rings is 1. The van der Waals surface area contributed by atoms with E-state index in [0.717, 1.165) is 35.1 Å². The van der Waals surface area contributed by atoms with Gasteiger partial charge < -0.3 is 10.0 Å². The summed E-state index contributed by atoms with van der Waals surface area (Å²) in [4.78, 5) is 30.7. The monoisotopic (exact) mass is 438 g/mol. The summed E-state index contributed by atoms with van der Waals surface area (Å²) in [5, 5.41) is 10.2. The average molecular weight is 439 g/mol. The summed E-state index contributed by atoms with van der Waals surface area (Å²) in [5.74, 6) is -0.575. The Kier molecular flexibility index (Phi) is 5.91.